The summed E-state index contributed by atoms with van der Waals surface area (Å²) in [4.78, 5) is 30.9. The minimum absolute atomic E-state index is 0.190. The smallest absolute Gasteiger partial charge is 0.391 e. The summed E-state index contributed by atoms with van der Waals surface area (Å²) in [6.45, 7) is 4.13. The third-order valence-corrected chi connectivity index (χ3v) is 10.1. The summed E-state index contributed by atoms with van der Waals surface area (Å²) < 4.78 is 15.9. The lowest BCUT2D eigenvalue weighted by molar-refractivity contribution is -0.123. The van der Waals surface area contributed by atoms with Crippen molar-refractivity contribution in [2.75, 3.05) is 6.61 Å². The highest BCUT2D eigenvalue weighted by Gasteiger charge is 2.25. The van der Waals surface area contributed by atoms with Gasteiger partial charge in [-0.1, -0.05) is 206 Å². The van der Waals surface area contributed by atoms with E-state index in [1.165, 1.54) is 161 Å². The maximum absolute atomic E-state index is 12.6. The first-order valence-electron chi connectivity index (χ1n) is 20.5. The van der Waals surface area contributed by atoms with Crippen LogP contribution in [0.2, 0.25) is 0 Å². The molecule has 0 saturated carbocycles. The summed E-state index contributed by atoms with van der Waals surface area (Å²) in [7, 11) is -4.68. The molecule has 8 heteroatoms. The van der Waals surface area contributed by atoms with Gasteiger partial charge in [0.2, 0.25) is 5.91 Å². The van der Waals surface area contributed by atoms with Gasteiger partial charge >= 0.3 is 7.82 Å². The Morgan fingerprint density at radius 2 is 0.830 bits per heavy atom. The topological polar surface area (TPSA) is 116 Å². The average molecular weight is 690 g/mol. The number of hydrogen-bond donors (Lipinski definition) is 4. The molecule has 0 fully saturated rings. The third-order valence-electron chi connectivity index (χ3n) is 9.59. The van der Waals surface area contributed by atoms with Crippen LogP contribution in [-0.4, -0.2) is 39.6 Å². The normalized spacial score (nSPS) is 13.2. The van der Waals surface area contributed by atoms with Crippen molar-refractivity contribution in [1.82, 2.24) is 5.32 Å². The van der Waals surface area contributed by atoms with Crippen molar-refractivity contribution in [2.45, 2.75) is 238 Å². The van der Waals surface area contributed by atoms with Gasteiger partial charge in [-0.2, -0.15) is 0 Å². The Kier molecular flexibility index (Phi) is 35.0. The number of aliphatic hydroxyl groups excluding tert-OH is 1. The molecular weight excluding hydrogens is 609 g/mol. The zero-order chi connectivity index (χ0) is 34.7. The summed E-state index contributed by atoms with van der Waals surface area (Å²) in [5.41, 5.74) is 0. The lowest BCUT2D eigenvalue weighted by Gasteiger charge is -2.24. The Labute approximate surface area is 291 Å². The lowest BCUT2D eigenvalue weighted by Crippen LogP contribution is -2.46. The van der Waals surface area contributed by atoms with Crippen LogP contribution in [0.3, 0.4) is 0 Å². The van der Waals surface area contributed by atoms with Crippen LogP contribution >= 0.6 is 7.82 Å². The first kappa shape index (κ1) is 46.5. The zero-order valence-electron chi connectivity index (χ0n) is 31.2. The van der Waals surface area contributed by atoms with Crippen molar-refractivity contribution in [2.24, 2.45) is 0 Å². The Morgan fingerprint density at radius 1 is 0.532 bits per heavy atom. The highest BCUT2D eigenvalue weighted by molar-refractivity contribution is 7.46. The lowest BCUT2D eigenvalue weighted by atomic mass is 10.0. The summed E-state index contributed by atoms with van der Waals surface area (Å²) in [5, 5.41) is 13.5. The van der Waals surface area contributed by atoms with E-state index in [-0.39, 0.29) is 5.91 Å². The van der Waals surface area contributed by atoms with Crippen molar-refractivity contribution in [1.29, 1.82) is 0 Å². The highest BCUT2D eigenvalue weighted by atomic mass is 31.2. The number of unbranched alkanes of at least 4 members (excludes halogenated alkanes) is 29. The second-order valence-corrected chi connectivity index (χ2v) is 15.6. The van der Waals surface area contributed by atoms with E-state index in [2.05, 4.69) is 23.7 Å². The highest BCUT2D eigenvalue weighted by Crippen LogP contribution is 2.36. The van der Waals surface area contributed by atoms with Crippen LogP contribution in [-0.2, 0) is 13.9 Å². The minimum Gasteiger partial charge on any atom is -0.391 e. The Balaban J connectivity index is 3.87. The molecule has 0 aromatic rings. The van der Waals surface area contributed by atoms with E-state index < -0.39 is 26.6 Å². The molecule has 47 heavy (non-hydrogen) atoms. The van der Waals surface area contributed by atoms with Crippen LogP contribution in [0.5, 0.6) is 0 Å². The van der Waals surface area contributed by atoms with Gasteiger partial charge in [-0.05, 0) is 12.8 Å². The van der Waals surface area contributed by atoms with E-state index in [0.29, 0.717) is 12.8 Å². The van der Waals surface area contributed by atoms with Gasteiger partial charge in [0.25, 0.3) is 0 Å². The summed E-state index contributed by atoms with van der Waals surface area (Å²) in [6, 6.07) is -0.817. The largest absolute Gasteiger partial charge is 0.469 e. The Bertz CT molecular complexity index is 703. The molecule has 0 aliphatic carbocycles. The number of rotatable bonds is 38. The van der Waals surface area contributed by atoms with Crippen LogP contribution in [0.15, 0.2) is 0 Å². The minimum atomic E-state index is -4.68. The molecule has 0 aliphatic rings. The van der Waals surface area contributed by atoms with Crippen LogP contribution in [0.4, 0.5) is 0 Å². The van der Waals surface area contributed by atoms with E-state index in [0.717, 1.165) is 38.5 Å². The van der Waals surface area contributed by atoms with Crippen LogP contribution in [0.25, 0.3) is 0 Å². The summed E-state index contributed by atoms with van der Waals surface area (Å²) >= 11 is 0. The van der Waals surface area contributed by atoms with Crippen molar-refractivity contribution >= 4 is 13.7 Å². The molecule has 0 aliphatic heterocycles. The molecule has 282 valence electrons. The fourth-order valence-corrected chi connectivity index (χ4v) is 6.82. The number of aliphatic hydroxyl groups is 1. The number of hydrogen-bond acceptors (Lipinski definition) is 4. The molecule has 0 aromatic carbocycles. The van der Waals surface area contributed by atoms with Crippen molar-refractivity contribution in [3.8, 4) is 0 Å². The monoisotopic (exact) mass is 690 g/mol. The average Bonchev–Trinajstić information content (AvgIpc) is 3.04. The van der Waals surface area contributed by atoms with Crippen molar-refractivity contribution in [3.63, 3.8) is 0 Å². The molecule has 0 spiro atoms. The summed E-state index contributed by atoms with van der Waals surface area (Å²) in [5.74, 6) is -0.190. The second-order valence-electron chi connectivity index (χ2n) is 14.3. The zero-order valence-corrected chi connectivity index (χ0v) is 32.1. The number of nitrogens with one attached hydrogen (secondary N) is 1. The molecular formula is C39H80NO6P. The number of phosphoric acid groups is 1. The predicted molar refractivity (Wildman–Crippen MR) is 200 cm³/mol. The number of amides is 1. The van der Waals surface area contributed by atoms with Gasteiger partial charge in [0, 0.05) is 6.42 Å². The van der Waals surface area contributed by atoms with Crippen molar-refractivity contribution < 1.29 is 28.8 Å². The van der Waals surface area contributed by atoms with Crippen LogP contribution in [0.1, 0.15) is 226 Å². The molecule has 7 nitrogen and oxygen atoms in total. The van der Waals surface area contributed by atoms with Gasteiger partial charge in [-0.3, -0.25) is 9.32 Å². The van der Waals surface area contributed by atoms with E-state index in [1.54, 1.807) is 0 Å². The molecule has 0 bridgehead atoms. The van der Waals surface area contributed by atoms with Gasteiger partial charge in [-0.15, -0.1) is 0 Å². The molecule has 4 N–H and O–H groups in total. The summed E-state index contributed by atoms with van der Waals surface area (Å²) in [6.07, 6.45) is 39.4. The predicted octanol–water partition coefficient (Wildman–Crippen LogP) is 11.9. The standard InChI is InChI=1S/C39H80NO6P/c1-3-5-7-9-11-13-15-17-18-19-20-21-23-25-27-29-31-33-35-39(42)40-37(36-46-47(43,44)45)38(41)34-32-30-28-26-24-22-16-14-12-10-8-6-4-2/h37-38,41H,3-36H2,1-2H3,(H,40,42)(H2,43,44,45)/t37-,38+/m0/s1. The molecule has 1 amide bonds. The molecule has 0 saturated heterocycles. The number of carbonyl (C=O) groups excluding carboxylic acids is 1. The Morgan fingerprint density at radius 3 is 1.15 bits per heavy atom. The van der Waals surface area contributed by atoms with Crippen LogP contribution in [0, 0.1) is 0 Å². The van der Waals surface area contributed by atoms with E-state index >= 15 is 0 Å². The number of phosphoric ester groups is 1. The van der Waals surface area contributed by atoms with Gasteiger partial charge in [0.15, 0.2) is 0 Å². The number of carbonyl (C=O) groups is 1. The van der Waals surface area contributed by atoms with Gasteiger partial charge < -0.3 is 20.2 Å². The van der Waals surface area contributed by atoms with Gasteiger partial charge in [0.1, 0.15) is 0 Å². The van der Waals surface area contributed by atoms with E-state index in [4.69, 9.17) is 9.79 Å². The molecule has 0 rings (SSSR count). The van der Waals surface area contributed by atoms with Gasteiger partial charge in [-0.25, -0.2) is 4.57 Å². The van der Waals surface area contributed by atoms with Crippen LogP contribution < -0.4 is 5.32 Å². The van der Waals surface area contributed by atoms with Crippen molar-refractivity contribution in [3.05, 3.63) is 0 Å². The second kappa shape index (κ2) is 35.4. The maximum atomic E-state index is 12.6. The molecule has 0 unspecified atom stereocenters. The SMILES string of the molecule is CCCCCCCCCCCCCCCCCCCCC(=O)N[C@@H](COP(=O)(O)O)[C@H](O)CCCCCCCCCCCCCCC. The quantitative estimate of drug-likeness (QED) is 0.0379. The van der Waals surface area contributed by atoms with E-state index in [1.807, 2.05) is 0 Å². The third kappa shape index (κ3) is 36.6. The first-order valence-corrected chi connectivity index (χ1v) is 22.0. The first-order chi connectivity index (χ1) is 22.8. The van der Waals surface area contributed by atoms with E-state index in [9.17, 15) is 14.5 Å². The Hall–Kier alpha value is -0.460. The maximum Gasteiger partial charge on any atom is 0.469 e. The fourth-order valence-electron chi connectivity index (χ4n) is 6.46. The van der Waals surface area contributed by atoms with Gasteiger partial charge in [0.05, 0.1) is 18.8 Å². The molecule has 2 atom stereocenters. The molecule has 0 radical (unpaired) electrons. The molecule has 0 heterocycles. The molecule has 0 aromatic heterocycles. The fraction of sp³-hybridized carbons (Fsp3) is 0.974.